The van der Waals surface area contributed by atoms with Gasteiger partial charge in [0.15, 0.2) is 5.96 Å². The van der Waals surface area contributed by atoms with E-state index < -0.39 is 0 Å². The molecule has 7 heteroatoms. The maximum atomic E-state index is 13.8. The molecule has 0 spiro atoms. The zero-order valence-electron chi connectivity index (χ0n) is 16.6. The topological polar surface area (TPSA) is 66.0 Å². The quantitative estimate of drug-likeness (QED) is 0.564. The lowest BCUT2D eigenvalue weighted by atomic mass is 9.93. The molecule has 2 rings (SSSR count). The molecule has 1 fully saturated rings. The Morgan fingerprint density at radius 3 is 2.74 bits per heavy atom. The van der Waals surface area contributed by atoms with Crippen LogP contribution in [0.15, 0.2) is 23.2 Å². The van der Waals surface area contributed by atoms with Gasteiger partial charge in [-0.05, 0) is 43.4 Å². The number of methoxy groups -OCH3 is 1. The van der Waals surface area contributed by atoms with Crippen molar-refractivity contribution in [3.63, 3.8) is 0 Å². The first-order valence-electron chi connectivity index (χ1n) is 9.57. The highest BCUT2D eigenvalue weighted by molar-refractivity contribution is 5.80. The number of halogens is 1. The number of carbonyl (C=O) groups excluding carboxylic acids is 1. The summed E-state index contributed by atoms with van der Waals surface area (Å²) in [6.45, 7) is 5.33. The van der Waals surface area contributed by atoms with E-state index >= 15 is 0 Å². The van der Waals surface area contributed by atoms with E-state index in [1.807, 2.05) is 13.0 Å². The SMILES string of the molecule is CCNC(=NCc1ccc(F)c(COC)c1)N1CCC(CC(=O)NC)CC1. The number of likely N-dealkylation sites (tertiary alicyclic amines) is 1. The molecule has 6 nitrogen and oxygen atoms in total. The van der Waals surface area contributed by atoms with E-state index in [-0.39, 0.29) is 18.3 Å². The van der Waals surface area contributed by atoms with Crippen molar-refractivity contribution in [1.29, 1.82) is 0 Å². The molecular weight excluding hydrogens is 347 g/mol. The molecule has 150 valence electrons. The fraction of sp³-hybridized carbons (Fsp3) is 0.600. The number of piperidine rings is 1. The first-order valence-corrected chi connectivity index (χ1v) is 9.57. The summed E-state index contributed by atoms with van der Waals surface area (Å²) in [4.78, 5) is 18.5. The monoisotopic (exact) mass is 378 g/mol. The number of guanidine groups is 1. The van der Waals surface area contributed by atoms with E-state index in [0.717, 1.165) is 44.0 Å². The van der Waals surface area contributed by atoms with Crippen LogP contribution in [0.25, 0.3) is 0 Å². The third-order valence-corrected chi connectivity index (χ3v) is 4.82. The van der Waals surface area contributed by atoms with Crippen molar-refractivity contribution in [3.05, 3.63) is 35.1 Å². The highest BCUT2D eigenvalue weighted by atomic mass is 19.1. The van der Waals surface area contributed by atoms with Crippen molar-refractivity contribution in [2.45, 2.75) is 39.3 Å². The fourth-order valence-corrected chi connectivity index (χ4v) is 3.30. The van der Waals surface area contributed by atoms with Crippen molar-refractivity contribution in [3.8, 4) is 0 Å². The molecule has 0 atom stereocenters. The number of hydrogen-bond acceptors (Lipinski definition) is 3. The van der Waals surface area contributed by atoms with Crippen LogP contribution in [0.2, 0.25) is 0 Å². The maximum absolute atomic E-state index is 13.8. The summed E-state index contributed by atoms with van der Waals surface area (Å²) in [5.74, 6) is 1.15. The number of aliphatic imine (C=N–C) groups is 1. The van der Waals surface area contributed by atoms with Crippen LogP contribution in [-0.2, 0) is 22.7 Å². The lowest BCUT2D eigenvalue weighted by Gasteiger charge is -2.34. The summed E-state index contributed by atoms with van der Waals surface area (Å²) in [6, 6.07) is 5.04. The standard InChI is InChI=1S/C20H31FN4O2/c1-4-23-20(25-9-7-15(8-10-25)12-19(26)22-2)24-13-16-5-6-18(21)17(11-16)14-27-3/h5-6,11,15H,4,7-10,12-14H2,1-3H3,(H,22,26)(H,23,24). The molecule has 1 aromatic rings. The van der Waals surface area contributed by atoms with Gasteiger partial charge in [-0.15, -0.1) is 0 Å². The van der Waals surface area contributed by atoms with E-state index in [1.54, 1.807) is 20.2 Å². The zero-order chi connectivity index (χ0) is 19.6. The average molecular weight is 378 g/mol. The summed E-state index contributed by atoms with van der Waals surface area (Å²) in [6.07, 6.45) is 2.55. The number of rotatable bonds is 7. The van der Waals surface area contributed by atoms with E-state index in [1.165, 1.54) is 6.07 Å². The Kier molecular flexibility index (Phi) is 8.51. The molecule has 0 radical (unpaired) electrons. The second-order valence-corrected chi connectivity index (χ2v) is 6.84. The molecule has 2 N–H and O–H groups in total. The van der Waals surface area contributed by atoms with Gasteiger partial charge in [0, 0.05) is 45.8 Å². The number of ether oxygens (including phenoxy) is 1. The molecule has 1 saturated heterocycles. The molecule has 0 bridgehead atoms. The number of benzene rings is 1. The minimum absolute atomic E-state index is 0.109. The number of carbonyl (C=O) groups is 1. The summed E-state index contributed by atoms with van der Waals surface area (Å²) in [5.41, 5.74) is 1.50. The van der Waals surface area contributed by atoms with Crippen LogP contribution in [0.4, 0.5) is 4.39 Å². The molecule has 0 aliphatic carbocycles. The van der Waals surface area contributed by atoms with Gasteiger partial charge in [0.25, 0.3) is 0 Å². The summed E-state index contributed by atoms with van der Waals surface area (Å²) < 4.78 is 18.8. The summed E-state index contributed by atoms with van der Waals surface area (Å²) >= 11 is 0. The zero-order valence-corrected chi connectivity index (χ0v) is 16.6. The lowest BCUT2D eigenvalue weighted by Crippen LogP contribution is -2.46. The molecule has 1 aromatic carbocycles. The molecule has 1 amide bonds. The Labute approximate surface area is 161 Å². The average Bonchev–Trinajstić information content (AvgIpc) is 2.68. The van der Waals surface area contributed by atoms with Gasteiger partial charge >= 0.3 is 0 Å². The normalized spacial score (nSPS) is 15.7. The largest absolute Gasteiger partial charge is 0.380 e. The molecule has 1 heterocycles. The molecule has 1 aliphatic rings. The van der Waals surface area contributed by atoms with E-state index in [0.29, 0.717) is 24.4 Å². The molecule has 1 aliphatic heterocycles. The van der Waals surface area contributed by atoms with E-state index in [4.69, 9.17) is 9.73 Å². The Balaban J connectivity index is 1.98. The second kappa shape index (κ2) is 10.9. The van der Waals surface area contributed by atoms with Crippen LogP contribution in [0.1, 0.15) is 37.3 Å². The number of nitrogens with zero attached hydrogens (tertiary/aromatic N) is 2. The van der Waals surface area contributed by atoms with E-state index in [9.17, 15) is 9.18 Å². The van der Waals surface area contributed by atoms with Crippen LogP contribution in [0.3, 0.4) is 0 Å². The van der Waals surface area contributed by atoms with Crippen LogP contribution in [0, 0.1) is 11.7 Å². The summed E-state index contributed by atoms with van der Waals surface area (Å²) in [7, 11) is 3.24. The minimum Gasteiger partial charge on any atom is -0.380 e. The van der Waals surface area contributed by atoms with Gasteiger partial charge in [0.1, 0.15) is 5.82 Å². The van der Waals surface area contributed by atoms with Crippen molar-refractivity contribution >= 4 is 11.9 Å². The van der Waals surface area contributed by atoms with E-state index in [2.05, 4.69) is 15.5 Å². The summed E-state index contributed by atoms with van der Waals surface area (Å²) in [5, 5.41) is 6.04. The van der Waals surface area contributed by atoms with Crippen molar-refractivity contribution in [2.75, 3.05) is 33.8 Å². The number of nitrogens with one attached hydrogen (secondary N) is 2. The Bertz CT molecular complexity index is 643. The van der Waals surface area contributed by atoms with Gasteiger partial charge in [-0.1, -0.05) is 6.07 Å². The van der Waals surface area contributed by atoms with Crippen LogP contribution < -0.4 is 10.6 Å². The van der Waals surface area contributed by atoms with Crippen LogP contribution in [-0.4, -0.2) is 50.6 Å². The van der Waals surface area contributed by atoms with Gasteiger partial charge in [-0.25, -0.2) is 9.38 Å². The molecule has 27 heavy (non-hydrogen) atoms. The van der Waals surface area contributed by atoms with Gasteiger partial charge < -0.3 is 20.3 Å². The van der Waals surface area contributed by atoms with Gasteiger partial charge in [0.05, 0.1) is 13.2 Å². The molecule has 0 saturated carbocycles. The fourth-order valence-electron chi connectivity index (χ4n) is 3.30. The van der Waals surface area contributed by atoms with Crippen LogP contribution in [0.5, 0.6) is 0 Å². The third kappa shape index (κ3) is 6.50. The number of hydrogen-bond donors (Lipinski definition) is 2. The van der Waals surface area contributed by atoms with Crippen LogP contribution >= 0.6 is 0 Å². The molecule has 0 unspecified atom stereocenters. The molecular formula is C20H31FN4O2. The predicted molar refractivity (Wildman–Crippen MR) is 105 cm³/mol. The first kappa shape index (κ1) is 21.2. The Morgan fingerprint density at radius 2 is 2.11 bits per heavy atom. The number of amides is 1. The maximum Gasteiger partial charge on any atom is 0.220 e. The molecule has 0 aromatic heterocycles. The first-order chi connectivity index (χ1) is 13.1. The highest BCUT2D eigenvalue weighted by Crippen LogP contribution is 2.20. The van der Waals surface area contributed by atoms with Gasteiger partial charge in [0.2, 0.25) is 5.91 Å². The Morgan fingerprint density at radius 1 is 1.37 bits per heavy atom. The second-order valence-electron chi connectivity index (χ2n) is 6.84. The Hall–Kier alpha value is -2.15. The smallest absolute Gasteiger partial charge is 0.220 e. The lowest BCUT2D eigenvalue weighted by molar-refractivity contribution is -0.121. The van der Waals surface area contributed by atoms with Gasteiger partial charge in [-0.3, -0.25) is 4.79 Å². The van der Waals surface area contributed by atoms with Crippen molar-refractivity contribution in [1.82, 2.24) is 15.5 Å². The highest BCUT2D eigenvalue weighted by Gasteiger charge is 2.23. The van der Waals surface area contributed by atoms with Crippen molar-refractivity contribution in [2.24, 2.45) is 10.9 Å². The van der Waals surface area contributed by atoms with Gasteiger partial charge in [-0.2, -0.15) is 0 Å². The predicted octanol–water partition coefficient (Wildman–Crippen LogP) is 2.29. The third-order valence-electron chi connectivity index (χ3n) is 4.82. The minimum atomic E-state index is -0.255. The van der Waals surface area contributed by atoms with Crippen molar-refractivity contribution < 1.29 is 13.9 Å².